The molecule has 0 aliphatic carbocycles. The van der Waals surface area contributed by atoms with E-state index in [0.29, 0.717) is 12.6 Å². The van der Waals surface area contributed by atoms with E-state index in [1.54, 1.807) is 0 Å². The zero-order chi connectivity index (χ0) is 8.81. The third-order valence-electron chi connectivity index (χ3n) is 1.97. The number of hydrogen-bond acceptors (Lipinski definition) is 3. The Hall–Kier alpha value is -0.730. The van der Waals surface area contributed by atoms with Gasteiger partial charge in [-0.25, -0.2) is 4.99 Å². The lowest BCUT2D eigenvalue weighted by molar-refractivity contribution is 0.311. The molecule has 12 heavy (non-hydrogen) atoms. The largest absolute Gasteiger partial charge is 0.466 e. The number of unbranched alkanes of at least 4 members (excludes halogenated alkanes) is 1. The summed E-state index contributed by atoms with van der Waals surface area (Å²) in [6, 6.07) is 1.25. The Morgan fingerprint density at radius 2 is 2.42 bits per heavy atom. The highest BCUT2D eigenvalue weighted by Crippen LogP contribution is 2.05. The molecular formula is C9H18N2O. The Kier molecular flexibility index (Phi) is 3.91. The number of nitrogens with zero attached hydrogens (tertiary/aromatic N) is 1. The zero-order valence-corrected chi connectivity index (χ0v) is 7.97. The van der Waals surface area contributed by atoms with Crippen LogP contribution in [0.2, 0.25) is 0 Å². The molecule has 0 radical (unpaired) electrons. The SMILES string of the molecule is CCCC[C@@H]1CN=C(OCC)N1. The van der Waals surface area contributed by atoms with E-state index < -0.39 is 0 Å². The monoisotopic (exact) mass is 170 g/mol. The van der Waals surface area contributed by atoms with Crippen LogP contribution in [0.3, 0.4) is 0 Å². The van der Waals surface area contributed by atoms with Crippen molar-refractivity contribution in [2.45, 2.75) is 39.2 Å². The fourth-order valence-corrected chi connectivity index (χ4v) is 1.30. The second kappa shape index (κ2) is 5.01. The molecule has 1 aliphatic heterocycles. The van der Waals surface area contributed by atoms with E-state index in [-0.39, 0.29) is 0 Å². The predicted octanol–water partition coefficient (Wildman–Crippen LogP) is 1.54. The van der Waals surface area contributed by atoms with Gasteiger partial charge in [-0.3, -0.25) is 0 Å². The number of rotatable bonds is 4. The van der Waals surface area contributed by atoms with Crippen molar-refractivity contribution in [3.63, 3.8) is 0 Å². The summed E-state index contributed by atoms with van der Waals surface area (Å²) in [5, 5.41) is 3.25. The Morgan fingerprint density at radius 3 is 3.08 bits per heavy atom. The number of ether oxygens (including phenoxy) is 1. The van der Waals surface area contributed by atoms with Crippen molar-refractivity contribution in [2.75, 3.05) is 13.2 Å². The van der Waals surface area contributed by atoms with E-state index in [0.717, 1.165) is 12.6 Å². The van der Waals surface area contributed by atoms with Gasteiger partial charge in [0.1, 0.15) is 0 Å². The van der Waals surface area contributed by atoms with Gasteiger partial charge in [0, 0.05) is 0 Å². The molecule has 0 unspecified atom stereocenters. The normalized spacial score (nSPS) is 21.8. The van der Waals surface area contributed by atoms with Crippen LogP contribution in [0.5, 0.6) is 0 Å². The molecule has 1 atom stereocenters. The summed E-state index contributed by atoms with van der Waals surface area (Å²) in [6.45, 7) is 5.77. The molecule has 1 rings (SSSR count). The maximum absolute atomic E-state index is 5.25. The third-order valence-corrected chi connectivity index (χ3v) is 1.97. The van der Waals surface area contributed by atoms with Crippen molar-refractivity contribution >= 4 is 6.02 Å². The molecule has 0 bridgehead atoms. The van der Waals surface area contributed by atoms with Gasteiger partial charge in [0.05, 0.1) is 19.2 Å². The summed E-state index contributed by atoms with van der Waals surface area (Å²) in [5.41, 5.74) is 0. The third kappa shape index (κ3) is 2.72. The van der Waals surface area contributed by atoms with Gasteiger partial charge in [0.2, 0.25) is 0 Å². The average Bonchev–Trinajstić information content (AvgIpc) is 2.50. The number of hydrogen-bond donors (Lipinski definition) is 1. The van der Waals surface area contributed by atoms with Gasteiger partial charge in [-0.05, 0) is 13.3 Å². The van der Waals surface area contributed by atoms with Crippen molar-refractivity contribution in [3.8, 4) is 0 Å². The summed E-state index contributed by atoms with van der Waals surface area (Å²) < 4.78 is 5.25. The smallest absolute Gasteiger partial charge is 0.284 e. The molecule has 0 fully saturated rings. The molecule has 0 saturated carbocycles. The van der Waals surface area contributed by atoms with E-state index in [1.807, 2.05) is 6.92 Å². The van der Waals surface area contributed by atoms with E-state index in [2.05, 4.69) is 17.2 Å². The molecule has 0 aromatic carbocycles. The molecule has 0 aromatic rings. The maximum atomic E-state index is 5.25. The quantitative estimate of drug-likeness (QED) is 0.694. The van der Waals surface area contributed by atoms with Crippen molar-refractivity contribution in [3.05, 3.63) is 0 Å². The van der Waals surface area contributed by atoms with Crippen LogP contribution in [-0.4, -0.2) is 25.2 Å². The highest BCUT2D eigenvalue weighted by molar-refractivity contribution is 5.75. The fraction of sp³-hybridized carbons (Fsp3) is 0.889. The van der Waals surface area contributed by atoms with Gasteiger partial charge in [0.25, 0.3) is 6.02 Å². The summed E-state index contributed by atoms with van der Waals surface area (Å²) >= 11 is 0. The van der Waals surface area contributed by atoms with Gasteiger partial charge in [-0.15, -0.1) is 0 Å². The average molecular weight is 170 g/mol. The lowest BCUT2D eigenvalue weighted by Gasteiger charge is -2.10. The summed E-state index contributed by atoms with van der Waals surface area (Å²) in [7, 11) is 0. The Labute approximate surface area is 74.2 Å². The van der Waals surface area contributed by atoms with Crippen LogP contribution >= 0.6 is 0 Å². The maximum Gasteiger partial charge on any atom is 0.284 e. The van der Waals surface area contributed by atoms with E-state index >= 15 is 0 Å². The molecule has 0 aromatic heterocycles. The number of nitrogens with one attached hydrogen (secondary N) is 1. The van der Waals surface area contributed by atoms with Crippen molar-refractivity contribution in [1.82, 2.24) is 5.32 Å². The second-order valence-corrected chi connectivity index (χ2v) is 3.06. The summed E-state index contributed by atoms with van der Waals surface area (Å²) in [6.07, 6.45) is 3.73. The molecule has 70 valence electrons. The van der Waals surface area contributed by atoms with E-state index in [9.17, 15) is 0 Å². The van der Waals surface area contributed by atoms with Crippen LogP contribution in [0, 0.1) is 0 Å². The van der Waals surface area contributed by atoms with E-state index in [1.165, 1.54) is 19.3 Å². The highest BCUT2D eigenvalue weighted by Gasteiger charge is 2.16. The second-order valence-electron chi connectivity index (χ2n) is 3.06. The molecular weight excluding hydrogens is 152 g/mol. The molecule has 1 aliphatic rings. The number of amidine groups is 1. The summed E-state index contributed by atoms with van der Waals surface area (Å²) in [4.78, 5) is 4.24. The molecule has 1 N–H and O–H groups in total. The first-order valence-corrected chi connectivity index (χ1v) is 4.80. The minimum Gasteiger partial charge on any atom is -0.466 e. The van der Waals surface area contributed by atoms with Crippen molar-refractivity contribution in [1.29, 1.82) is 0 Å². The first kappa shape index (κ1) is 9.36. The van der Waals surface area contributed by atoms with Crippen molar-refractivity contribution < 1.29 is 4.74 Å². The van der Waals surface area contributed by atoms with Crippen LogP contribution < -0.4 is 5.32 Å². The zero-order valence-electron chi connectivity index (χ0n) is 7.97. The van der Waals surface area contributed by atoms with Gasteiger partial charge >= 0.3 is 0 Å². The lowest BCUT2D eigenvalue weighted by Crippen LogP contribution is -2.31. The minimum absolute atomic E-state index is 0.520. The van der Waals surface area contributed by atoms with Crippen LogP contribution in [-0.2, 0) is 4.74 Å². The molecule has 3 heteroatoms. The molecule has 0 spiro atoms. The molecule has 0 saturated heterocycles. The first-order chi connectivity index (χ1) is 5.86. The predicted molar refractivity (Wildman–Crippen MR) is 50.4 cm³/mol. The summed E-state index contributed by atoms with van der Waals surface area (Å²) in [5.74, 6) is 0. The Bertz CT molecular complexity index is 157. The van der Waals surface area contributed by atoms with Gasteiger partial charge < -0.3 is 10.1 Å². The lowest BCUT2D eigenvalue weighted by atomic mass is 10.1. The fourth-order valence-electron chi connectivity index (χ4n) is 1.30. The molecule has 1 heterocycles. The highest BCUT2D eigenvalue weighted by atomic mass is 16.5. The minimum atomic E-state index is 0.520. The van der Waals surface area contributed by atoms with Crippen LogP contribution in [0.15, 0.2) is 4.99 Å². The van der Waals surface area contributed by atoms with Crippen LogP contribution in [0.1, 0.15) is 33.1 Å². The van der Waals surface area contributed by atoms with Crippen LogP contribution in [0.25, 0.3) is 0 Å². The van der Waals surface area contributed by atoms with Gasteiger partial charge in [-0.2, -0.15) is 0 Å². The van der Waals surface area contributed by atoms with E-state index in [4.69, 9.17) is 4.74 Å². The number of aliphatic imine (C=N–C) groups is 1. The first-order valence-electron chi connectivity index (χ1n) is 4.80. The Morgan fingerprint density at radius 1 is 1.58 bits per heavy atom. The van der Waals surface area contributed by atoms with Gasteiger partial charge in [-0.1, -0.05) is 19.8 Å². The van der Waals surface area contributed by atoms with Gasteiger partial charge in [0.15, 0.2) is 0 Å². The molecule has 0 amide bonds. The standard InChI is InChI=1S/C9H18N2O/c1-3-5-6-8-7-10-9(11-8)12-4-2/h8H,3-7H2,1-2H3,(H,10,11)/t8-/m1/s1. The van der Waals surface area contributed by atoms with Crippen molar-refractivity contribution in [2.24, 2.45) is 4.99 Å². The molecule has 3 nitrogen and oxygen atoms in total. The topological polar surface area (TPSA) is 33.6 Å². The Balaban J connectivity index is 2.13. The van der Waals surface area contributed by atoms with Crippen LogP contribution in [0.4, 0.5) is 0 Å².